The summed E-state index contributed by atoms with van der Waals surface area (Å²) in [6, 6.07) is 5.21. The summed E-state index contributed by atoms with van der Waals surface area (Å²) in [7, 11) is 6.29. The molecule has 1 N–H and O–H groups in total. The summed E-state index contributed by atoms with van der Waals surface area (Å²) in [5.41, 5.74) is 2.84. The first-order valence-electron chi connectivity index (χ1n) is 8.31. The number of pyridine rings is 1. The number of carbonyl (C=O) groups is 1. The normalized spacial score (nSPS) is 10.7. The molecule has 0 bridgehead atoms. The number of nitrogens with zero attached hydrogens (tertiary/aromatic N) is 3. The number of fused-ring (bicyclic) bond motifs is 1. The lowest BCUT2D eigenvalue weighted by Gasteiger charge is -2.14. The maximum atomic E-state index is 13.0. The average molecular weight is 370 g/mol. The zero-order valence-electron chi connectivity index (χ0n) is 16.2. The minimum atomic E-state index is -0.397. The molecule has 0 atom stereocenters. The van der Waals surface area contributed by atoms with E-state index in [1.807, 2.05) is 19.9 Å². The predicted octanol–water partition coefficient (Wildman–Crippen LogP) is 2.86. The Labute approximate surface area is 157 Å². The molecule has 0 saturated heterocycles. The van der Waals surface area contributed by atoms with Crippen LogP contribution in [0.25, 0.3) is 11.0 Å². The van der Waals surface area contributed by atoms with Gasteiger partial charge in [0.15, 0.2) is 11.5 Å². The lowest BCUT2D eigenvalue weighted by Crippen LogP contribution is -2.15. The van der Waals surface area contributed by atoms with Crippen LogP contribution in [0.2, 0.25) is 0 Å². The summed E-state index contributed by atoms with van der Waals surface area (Å²) >= 11 is 0. The van der Waals surface area contributed by atoms with E-state index in [0.717, 1.165) is 16.6 Å². The van der Waals surface area contributed by atoms with Crippen molar-refractivity contribution in [2.24, 2.45) is 7.05 Å². The van der Waals surface area contributed by atoms with Gasteiger partial charge in [-0.1, -0.05) is 0 Å². The summed E-state index contributed by atoms with van der Waals surface area (Å²) < 4.78 is 17.6. The highest BCUT2D eigenvalue weighted by atomic mass is 16.5. The van der Waals surface area contributed by atoms with Gasteiger partial charge >= 0.3 is 0 Å². The van der Waals surface area contributed by atoms with E-state index < -0.39 is 5.91 Å². The van der Waals surface area contributed by atoms with Gasteiger partial charge in [-0.15, -0.1) is 0 Å². The summed E-state index contributed by atoms with van der Waals surface area (Å²) in [5, 5.41) is 8.07. The standard InChI is InChI=1S/C19H22N4O4/c1-10-7-11(2)20-18-15(10)17(22-23(18)3)21-19(24)16-13(26-5)8-12(25-4)9-14(16)27-6/h7-9H,1-6H3,(H,21,22,24). The van der Waals surface area contributed by atoms with Crippen molar-refractivity contribution in [2.45, 2.75) is 13.8 Å². The maximum absolute atomic E-state index is 13.0. The fraction of sp³-hybridized carbons (Fsp3) is 0.316. The van der Waals surface area contributed by atoms with Gasteiger partial charge in [0.2, 0.25) is 0 Å². The van der Waals surface area contributed by atoms with Crippen LogP contribution in [0.1, 0.15) is 21.6 Å². The van der Waals surface area contributed by atoms with Crippen molar-refractivity contribution >= 4 is 22.8 Å². The van der Waals surface area contributed by atoms with E-state index in [2.05, 4.69) is 15.4 Å². The highest BCUT2D eigenvalue weighted by molar-refractivity contribution is 6.11. The number of benzene rings is 1. The van der Waals surface area contributed by atoms with Gasteiger partial charge in [0, 0.05) is 24.9 Å². The Kier molecular flexibility index (Phi) is 4.89. The molecular formula is C19H22N4O4. The van der Waals surface area contributed by atoms with Gasteiger partial charge in [0.1, 0.15) is 22.8 Å². The second kappa shape index (κ2) is 7.14. The van der Waals surface area contributed by atoms with E-state index >= 15 is 0 Å². The predicted molar refractivity (Wildman–Crippen MR) is 102 cm³/mol. The van der Waals surface area contributed by atoms with Crippen LogP contribution in [0.5, 0.6) is 17.2 Å². The number of hydrogen-bond acceptors (Lipinski definition) is 6. The van der Waals surface area contributed by atoms with Crippen molar-refractivity contribution in [1.29, 1.82) is 0 Å². The van der Waals surface area contributed by atoms with Gasteiger partial charge in [0.05, 0.1) is 26.7 Å². The SMILES string of the molecule is COc1cc(OC)c(C(=O)Nc2nn(C)c3nc(C)cc(C)c23)c(OC)c1. The third-order valence-corrected chi connectivity index (χ3v) is 4.29. The number of hydrogen-bond donors (Lipinski definition) is 1. The fourth-order valence-electron chi connectivity index (χ4n) is 3.08. The van der Waals surface area contributed by atoms with Gasteiger partial charge in [-0.25, -0.2) is 9.67 Å². The van der Waals surface area contributed by atoms with Crippen molar-refractivity contribution in [1.82, 2.24) is 14.8 Å². The molecule has 1 amide bonds. The molecule has 0 radical (unpaired) electrons. The van der Waals surface area contributed by atoms with E-state index in [-0.39, 0.29) is 5.56 Å². The van der Waals surface area contributed by atoms with Crippen LogP contribution in [0.15, 0.2) is 18.2 Å². The Morgan fingerprint density at radius 3 is 2.22 bits per heavy atom. The van der Waals surface area contributed by atoms with Crippen LogP contribution < -0.4 is 19.5 Å². The van der Waals surface area contributed by atoms with Crippen LogP contribution in [0.4, 0.5) is 5.82 Å². The minimum Gasteiger partial charge on any atom is -0.496 e. The lowest BCUT2D eigenvalue weighted by atomic mass is 10.1. The monoisotopic (exact) mass is 370 g/mol. The number of rotatable bonds is 5. The number of aryl methyl sites for hydroxylation is 3. The Hall–Kier alpha value is -3.29. The Morgan fingerprint density at radius 2 is 1.67 bits per heavy atom. The molecular weight excluding hydrogens is 348 g/mol. The van der Waals surface area contributed by atoms with Gasteiger partial charge in [0.25, 0.3) is 5.91 Å². The molecule has 0 aliphatic heterocycles. The smallest absolute Gasteiger partial charge is 0.264 e. The molecule has 0 aliphatic rings. The third-order valence-electron chi connectivity index (χ3n) is 4.29. The first-order chi connectivity index (χ1) is 12.9. The fourth-order valence-corrected chi connectivity index (χ4v) is 3.08. The number of amides is 1. The molecule has 0 fully saturated rings. The minimum absolute atomic E-state index is 0.261. The number of nitrogens with one attached hydrogen (secondary N) is 1. The van der Waals surface area contributed by atoms with Crippen molar-refractivity contribution in [3.05, 3.63) is 35.0 Å². The Morgan fingerprint density at radius 1 is 1.04 bits per heavy atom. The van der Waals surface area contributed by atoms with Crippen LogP contribution >= 0.6 is 0 Å². The molecule has 0 unspecified atom stereocenters. The first-order valence-corrected chi connectivity index (χ1v) is 8.31. The zero-order chi connectivity index (χ0) is 19.7. The van der Waals surface area contributed by atoms with Crippen LogP contribution in [0.3, 0.4) is 0 Å². The summed E-state index contributed by atoms with van der Waals surface area (Å²) in [6.45, 7) is 3.88. The molecule has 8 heteroatoms. The first kappa shape index (κ1) is 18.5. The molecule has 2 aromatic heterocycles. The molecule has 0 saturated carbocycles. The van der Waals surface area contributed by atoms with E-state index in [0.29, 0.717) is 28.7 Å². The van der Waals surface area contributed by atoms with Gasteiger partial charge in [-0.3, -0.25) is 4.79 Å². The summed E-state index contributed by atoms with van der Waals surface area (Å²) in [6.07, 6.45) is 0. The largest absolute Gasteiger partial charge is 0.496 e. The van der Waals surface area contributed by atoms with Crippen LogP contribution in [0, 0.1) is 13.8 Å². The van der Waals surface area contributed by atoms with Crippen LogP contribution in [-0.2, 0) is 7.05 Å². The topological polar surface area (TPSA) is 87.5 Å². The zero-order valence-corrected chi connectivity index (χ0v) is 16.2. The number of aromatic nitrogens is 3. The van der Waals surface area contributed by atoms with Crippen LogP contribution in [-0.4, -0.2) is 42.0 Å². The van der Waals surface area contributed by atoms with Gasteiger partial charge < -0.3 is 19.5 Å². The van der Waals surface area contributed by atoms with Crippen molar-refractivity contribution in [2.75, 3.05) is 26.6 Å². The molecule has 0 aliphatic carbocycles. The van der Waals surface area contributed by atoms with E-state index in [1.54, 1.807) is 23.9 Å². The highest BCUT2D eigenvalue weighted by Crippen LogP contribution is 2.35. The van der Waals surface area contributed by atoms with E-state index in [1.165, 1.54) is 21.3 Å². The summed E-state index contributed by atoms with van der Waals surface area (Å²) in [5.74, 6) is 1.25. The van der Waals surface area contributed by atoms with Gasteiger partial charge in [-0.2, -0.15) is 5.10 Å². The second-order valence-corrected chi connectivity index (χ2v) is 6.11. The number of ether oxygens (including phenoxy) is 3. The Balaban J connectivity index is 2.08. The molecule has 3 aromatic rings. The number of anilines is 1. The average Bonchev–Trinajstić information content (AvgIpc) is 2.95. The molecule has 27 heavy (non-hydrogen) atoms. The highest BCUT2D eigenvalue weighted by Gasteiger charge is 2.23. The molecule has 1 aromatic carbocycles. The Bertz CT molecular complexity index is 1000. The van der Waals surface area contributed by atoms with Crippen molar-refractivity contribution in [3.63, 3.8) is 0 Å². The molecule has 2 heterocycles. The lowest BCUT2D eigenvalue weighted by molar-refractivity contribution is 0.102. The molecule has 0 spiro atoms. The van der Waals surface area contributed by atoms with E-state index in [4.69, 9.17) is 14.2 Å². The molecule has 8 nitrogen and oxygen atoms in total. The molecule has 3 rings (SSSR count). The maximum Gasteiger partial charge on any atom is 0.264 e. The van der Waals surface area contributed by atoms with Gasteiger partial charge in [-0.05, 0) is 25.5 Å². The second-order valence-electron chi connectivity index (χ2n) is 6.11. The molecule has 142 valence electrons. The van der Waals surface area contributed by atoms with E-state index in [9.17, 15) is 4.79 Å². The quantitative estimate of drug-likeness (QED) is 0.743. The number of carbonyl (C=O) groups excluding carboxylic acids is 1. The summed E-state index contributed by atoms with van der Waals surface area (Å²) in [4.78, 5) is 17.5. The van der Waals surface area contributed by atoms with Crippen molar-refractivity contribution < 1.29 is 19.0 Å². The third kappa shape index (κ3) is 3.25. The number of methoxy groups -OCH3 is 3. The van der Waals surface area contributed by atoms with Crippen molar-refractivity contribution in [3.8, 4) is 17.2 Å².